The summed E-state index contributed by atoms with van der Waals surface area (Å²) >= 11 is 14.7. The molecule has 0 aliphatic carbocycles. The Morgan fingerprint density at radius 1 is 1.12 bits per heavy atom. The van der Waals surface area contributed by atoms with Gasteiger partial charge in [-0.1, -0.05) is 35.0 Å². The second-order valence-corrected chi connectivity index (χ2v) is 9.17. The fourth-order valence-corrected chi connectivity index (χ4v) is 4.89. The molecule has 0 fully saturated rings. The first-order chi connectivity index (χ1) is 15.5. The van der Waals surface area contributed by atoms with Crippen molar-refractivity contribution in [3.8, 4) is 5.75 Å². The van der Waals surface area contributed by atoms with E-state index in [0.717, 1.165) is 21.2 Å². The van der Waals surface area contributed by atoms with Gasteiger partial charge in [0.25, 0.3) is 0 Å². The molecule has 0 saturated carbocycles. The van der Waals surface area contributed by atoms with E-state index in [1.807, 2.05) is 35.8 Å². The Morgan fingerprint density at radius 3 is 2.62 bits per heavy atom. The molecular weight excluding hydrogens is 494 g/mol. The highest BCUT2D eigenvalue weighted by Gasteiger charge is 2.18. The molecule has 1 aliphatic heterocycles. The Bertz CT molecular complexity index is 1330. The predicted molar refractivity (Wildman–Crippen MR) is 125 cm³/mol. The van der Waals surface area contributed by atoms with Crippen LogP contribution < -0.4 is 4.74 Å². The molecule has 2 aromatic heterocycles. The third-order valence-electron chi connectivity index (χ3n) is 4.39. The zero-order valence-corrected chi connectivity index (χ0v) is 19.3. The van der Waals surface area contributed by atoms with E-state index < -0.39 is 5.82 Å². The fourth-order valence-electron chi connectivity index (χ4n) is 2.86. The molecule has 0 amide bonds. The molecule has 0 saturated heterocycles. The van der Waals surface area contributed by atoms with Crippen molar-refractivity contribution in [2.24, 2.45) is 0 Å². The number of aldehydes is 2. The highest BCUT2D eigenvalue weighted by atomic mass is 35.5. The lowest BCUT2D eigenvalue weighted by molar-refractivity contribution is -0.105. The summed E-state index contributed by atoms with van der Waals surface area (Å²) < 4.78 is 19.9. The summed E-state index contributed by atoms with van der Waals surface area (Å²) in [6.45, 7) is 0.140. The highest BCUT2D eigenvalue weighted by Crippen LogP contribution is 2.35. The van der Waals surface area contributed by atoms with E-state index in [0.29, 0.717) is 33.9 Å². The zero-order valence-electron chi connectivity index (χ0n) is 16.1. The van der Waals surface area contributed by atoms with Crippen molar-refractivity contribution in [1.82, 2.24) is 9.38 Å². The van der Waals surface area contributed by atoms with Crippen molar-refractivity contribution >= 4 is 68.9 Å². The number of rotatable bonds is 4. The van der Waals surface area contributed by atoms with Crippen molar-refractivity contribution in [2.45, 2.75) is 9.92 Å². The molecular formula is C22H13Cl2FN2O3S2. The number of halogens is 3. The smallest absolute Gasteiger partial charge is 0.195 e. The molecule has 5 rings (SSSR count). The topological polar surface area (TPSA) is 60.7 Å². The normalized spacial score (nSPS) is 12.6. The van der Waals surface area contributed by atoms with E-state index in [1.165, 1.54) is 41.3 Å². The van der Waals surface area contributed by atoms with E-state index in [2.05, 4.69) is 4.98 Å². The number of ether oxygens (including phenoxy) is 1. The first-order valence-electron chi connectivity index (χ1n) is 9.11. The molecule has 4 aromatic rings. The van der Waals surface area contributed by atoms with Gasteiger partial charge in [0.1, 0.15) is 28.9 Å². The summed E-state index contributed by atoms with van der Waals surface area (Å²) in [5.74, 6) is 0.0969. The number of imidazole rings is 1. The van der Waals surface area contributed by atoms with Gasteiger partial charge in [-0.15, -0.1) is 11.3 Å². The summed E-state index contributed by atoms with van der Waals surface area (Å²) in [6.07, 6.45) is 3.31. The van der Waals surface area contributed by atoms with Crippen LogP contribution in [0.25, 0.3) is 9.99 Å². The molecule has 0 unspecified atom stereocenters. The van der Waals surface area contributed by atoms with Gasteiger partial charge in [-0.2, -0.15) is 0 Å². The third-order valence-corrected chi connectivity index (χ3v) is 6.85. The maximum Gasteiger partial charge on any atom is 0.195 e. The van der Waals surface area contributed by atoms with Crippen molar-refractivity contribution in [2.75, 3.05) is 6.61 Å². The number of hydrogen-bond donors (Lipinski definition) is 0. The van der Waals surface area contributed by atoms with Crippen LogP contribution in [0.5, 0.6) is 5.75 Å². The summed E-state index contributed by atoms with van der Waals surface area (Å²) in [5.41, 5.74) is 1.36. The quantitative estimate of drug-likeness (QED) is 0.300. The summed E-state index contributed by atoms with van der Waals surface area (Å²) in [5, 5.41) is 3.59. The Balaban J connectivity index is 0.000000158. The number of carbonyl (C=O) groups is 2. The zero-order chi connectivity index (χ0) is 22.7. The molecule has 0 N–H and O–H groups in total. The number of carbonyl (C=O) groups excluding carboxylic acids is 2. The van der Waals surface area contributed by atoms with Crippen LogP contribution >= 0.6 is 46.3 Å². The van der Waals surface area contributed by atoms with Crippen LogP contribution in [-0.2, 0) is 4.79 Å². The van der Waals surface area contributed by atoms with Crippen LogP contribution in [0.4, 0.5) is 4.39 Å². The minimum absolute atomic E-state index is 0.140. The number of aromatic nitrogens is 2. The van der Waals surface area contributed by atoms with E-state index >= 15 is 0 Å². The molecule has 3 heterocycles. The van der Waals surface area contributed by atoms with E-state index in [1.54, 1.807) is 4.40 Å². The molecule has 2 aromatic carbocycles. The predicted octanol–water partition coefficient (Wildman–Crippen LogP) is 6.38. The standard InChI is InChI=1S/C12H7ClN2OS2.C10H6ClFO2/c13-8-1-3-9(4-2-8)18-11-10(7-16)15-5-6-17-12(15)14-11;11-10-6(4-13)5-14-9-2-1-7(12)3-8(9)10/h1-7H;1-4H,5H2. The average Bonchev–Trinajstić information content (AvgIpc) is 3.37. The van der Waals surface area contributed by atoms with Crippen LogP contribution in [0, 0.1) is 5.82 Å². The van der Waals surface area contributed by atoms with Crippen LogP contribution in [0.2, 0.25) is 5.02 Å². The van der Waals surface area contributed by atoms with Gasteiger partial charge in [-0.05, 0) is 42.5 Å². The highest BCUT2D eigenvalue weighted by molar-refractivity contribution is 7.99. The number of benzene rings is 2. The van der Waals surface area contributed by atoms with Crippen LogP contribution in [0.15, 0.2) is 69.5 Å². The number of nitrogens with zero attached hydrogens (tertiary/aromatic N) is 2. The second-order valence-electron chi connectivity index (χ2n) is 6.42. The van der Waals surface area contributed by atoms with Gasteiger partial charge in [0.2, 0.25) is 0 Å². The Morgan fingerprint density at radius 2 is 1.91 bits per heavy atom. The van der Waals surface area contributed by atoms with Crippen LogP contribution in [0.1, 0.15) is 16.1 Å². The molecule has 32 heavy (non-hydrogen) atoms. The van der Waals surface area contributed by atoms with Gasteiger partial charge in [-0.25, -0.2) is 9.37 Å². The molecule has 0 spiro atoms. The largest absolute Gasteiger partial charge is 0.488 e. The summed E-state index contributed by atoms with van der Waals surface area (Å²) in [6, 6.07) is 11.5. The SMILES string of the molecule is O=CC1=C(Cl)c2cc(F)ccc2OC1.O=Cc1c(Sc2ccc(Cl)cc2)nc2sccn12. The molecule has 10 heteroatoms. The average molecular weight is 507 g/mol. The molecule has 5 nitrogen and oxygen atoms in total. The lowest BCUT2D eigenvalue weighted by Gasteiger charge is -2.17. The minimum atomic E-state index is -0.405. The molecule has 1 aliphatic rings. The van der Waals surface area contributed by atoms with E-state index in [-0.39, 0.29) is 11.6 Å². The van der Waals surface area contributed by atoms with Crippen LogP contribution in [-0.4, -0.2) is 28.6 Å². The van der Waals surface area contributed by atoms with Crippen LogP contribution in [0.3, 0.4) is 0 Å². The maximum absolute atomic E-state index is 12.9. The van der Waals surface area contributed by atoms with Crippen molar-refractivity contribution in [1.29, 1.82) is 0 Å². The third kappa shape index (κ3) is 4.73. The van der Waals surface area contributed by atoms with Gasteiger partial charge in [0.05, 0.1) is 5.03 Å². The maximum atomic E-state index is 12.9. The molecule has 0 atom stereocenters. The minimum Gasteiger partial charge on any atom is -0.488 e. The van der Waals surface area contributed by atoms with Crippen molar-refractivity contribution in [3.05, 3.63) is 81.7 Å². The Hall–Kier alpha value is -2.65. The number of thiazole rings is 1. The first-order valence-corrected chi connectivity index (χ1v) is 11.6. The second kappa shape index (κ2) is 9.87. The van der Waals surface area contributed by atoms with Gasteiger partial charge >= 0.3 is 0 Å². The molecule has 0 bridgehead atoms. The van der Waals surface area contributed by atoms with Gasteiger partial charge < -0.3 is 4.74 Å². The Kier molecular flexibility index (Phi) is 6.95. The van der Waals surface area contributed by atoms with Crippen molar-refractivity contribution in [3.63, 3.8) is 0 Å². The van der Waals surface area contributed by atoms with Gasteiger partial charge in [-0.3, -0.25) is 14.0 Å². The van der Waals surface area contributed by atoms with Gasteiger partial charge in [0, 0.05) is 32.6 Å². The lowest BCUT2D eigenvalue weighted by Crippen LogP contribution is -2.10. The first kappa shape index (κ1) is 22.5. The summed E-state index contributed by atoms with van der Waals surface area (Å²) in [4.78, 5) is 28.0. The Labute approximate surface area is 200 Å². The monoisotopic (exact) mass is 506 g/mol. The van der Waals surface area contributed by atoms with E-state index in [4.69, 9.17) is 27.9 Å². The van der Waals surface area contributed by atoms with Crippen molar-refractivity contribution < 1.29 is 18.7 Å². The van der Waals surface area contributed by atoms with E-state index in [9.17, 15) is 14.0 Å². The number of hydrogen-bond acceptors (Lipinski definition) is 6. The fraction of sp³-hybridized carbons (Fsp3) is 0.0455. The molecule has 0 radical (unpaired) electrons. The van der Waals surface area contributed by atoms with Gasteiger partial charge in [0.15, 0.2) is 17.5 Å². The summed E-state index contributed by atoms with van der Waals surface area (Å²) in [7, 11) is 0. The molecule has 162 valence electrons. The lowest BCUT2D eigenvalue weighted by atomic mass is 10.1. The number of fused-ring (bicyclic) bond motifs is 2.